The first kappa shape index (κ1) is 10.8. The Bertz CT molecular complexity index is 176. The molecule has 0 bridgehead atoms. The molecule has 1 atom stereocenters. The highest BCUT2D eigenvalue weighted by Gasteiger charge is 2.41. The quantitative estimate of drug-likeness (QED) is 0.704. The van der Waals surface area contributed by atoms with Crippen LogP contribution in [0.3, 0.4) is 0 Å². The Kier molecular flexibility index (Phi) is 3.74. The van der Waals surface area contributed by atoms with Crippen molar-refractivity contribution in [3.05, 3.63) is 0 Å². The second kappa shape index (κ2) is 4.86. The molecule has 0 amide bonds. The molecule has 1 saturated carbocycles. The smallest absolute Gasteiger partial charge is 0.0436 e. The number of hydrogen-bond donors (Lipinski definition) is 2. The predicted molar refractivity (Wildman–Crippen MR) is 61.7 cm³/mol. The van der Waals surface area contributed by atoms with Crippen molar-refractivity contribution in [2.24, 2.45) is 11.3 Å². The molecule has 2 N–H and O–H groups in total. The van der Waals surface area contributed by atoms with Crippen LogP contribution >= 0.6 is 11.8 Å². The van der Waals surface area contributed by atoms with Crippen molar-refractivity contribution in [1.82, 2.24) is 5.32 Å². The maximum absolute atomic E-state index is 8.92. The minimum absolute atomic E-state index is 0.362. The molecular formula is C11H21NOS. The van der Waals surface area contributed by atoms with Gasteiger partial charge in [-0.25, -0.2) is 0 Å². The Morgan fingerprint density at radius 1 is 1.43 bits per heavy atom. The molecule has 2 fully saturated rings. The van der Waals surface area contributed by atoms with E-state index in [9.17, 15) is 0 Å². The number of aliphatic hydroxyl groups excluding tert-OH is 1. The molecule has 2 aliphatic rings. The van der Waals surface area contributed by atoms with Gasteiger partial charge in [-0.15, -0.1) is 0 Å². The van der Waals surface area contributed by atoms with Crippen LogP contribution in [0.25, 0.3) is 0 Å². The summed E-state index contributed by atoms with van der Waals surface area (Å²) in [6.45, 7) is 2.69. The van der Waals surface area contributed by atoms with E-state index in [0.29, 0.717) is 12.0 Å². The van der Waals surface area contributed by atoms with Crippen molar-refractivity contribution in [3.63, 3.8) is 0 Å². The molecule has 1 aliphatic heterocycles. The van der Waals surface area contributed by atoms with Gasteiger partial charge in [-0.05, 0) is 55.1 Å². The fourth-order valence-electron chi connectivity index (χ4n) is 2.21. The fraction of sp³-hybridized carbons (Fsp3) is 1.00. The van der Waals surface area contributed by atoms with Crippen molar-refractivity contribution in [1.29, 1.82) is 0 Å². The van der Waals surface area contributed by atoms with E-state index in [1.165, 1.54) is 37.3 Å². The molecule has 1 aliphatic carbocycles. The van der Waals surface area contributed by atoms with Crippen LogP contribution in [-0.2, 0) is 0 Å². The van der Waals surface area contributed by atoms with Gasteiger partial charge < -0.3 is 10.4 Å². The second-order valence-corrected chi connectivity index (χ2v) is 5.98. The lowest BCUT2D eigenvalue weighted by atomic mass is 10.0. The molecule has 14 heavy (non-hydrogen) atoms. The summed E-state index contributed by atoms with van der Waals surface area (Å²) < 4.78 is 0. The first-order valence-corrected chi connectivity index (χ1v) is 6.89. The van der Waals surface area contributed by atoms with Crippen molar-refractivity contribution < 1.29 is 5.11 Å². The number of hydrogen-bond acceptors (Lipinski definition) is 3. The second-order valence-electron chi connectivity index (χ2n) is 4.83. The molecule has 0 spiro atoms. The number of nitrogens with one attached hydrogen (secondary N) is 1. The summed E-state index contributed by atoms with van der Waals surface area (Å²) in [5, 5.41) is 12.5. The Hall–Kier alpha value is 0.270. The van der Waals surface area contributed by atoms with Crippen LogP contribution in [0.1, 0.15) is 25.7 Å². The Balaban J connectivity index is 1.58. The minimum atomic E-state index is 0.362. The lowest BCUT2D eigenvalue weighted by molar-refractivity contribution is 0.244. The third-order valence-corrected chi connectivity index (χ3v) is 4.79. The maximum Gasteiger partial charge on any atom is 0.0436 e. The lowest BCUT2D eigenvalue weighted by Crippen LogP contribution is -2.29. The van der Waals surface area contributed by atoms with Crippen LogP contribution in [0.4, 0.5) is 0 Å². The largest absolute Gasteiger partial charge is 0.396 e. The van der Waals surface area contributed by atoms with Gasteiger partial charge in [0.2, 0.25) is 0 Å². The van der Waals surface area contributed by atoms with Crippen LogP contribution in [-0.4, -0.2) is 36.3 Å². The van der Waals surface area contributed by atoms with E-state index >= 15 is 0 Å². The lowest BCUT2D eigenvalue weighted by Gasteiger charge is -2.16. The third kappa shape index (κ3) is 2.88. The van der Waals surface area contributed by atoms with Gasteiger partial charge in [-0.1, -0.05) is 0 Å². The molecule has 3 heteroatoms. The zero-order chi connectivity index (χ0) is 9.86. The third-order valence-electron chi connectivity index (χ3n) is 3.56. The maximum atomic E-state index is 8.92. The van der Waals surface area contributed by atoms with Gasteiger partial charge in [0.05, 0.1) is 0 Å². The zero-order valence-electron chi connectivity index (χ0n) is 8.80. The highest BCUT2D eigenvalue weighted by atomic mass is 32.2. The van der Waals surface area contributed by atoms with Crippen molar-refractivity contribution >= 4 is 11.8 Å². The van der Waals surface area contributed by atoms with Gasteiger partial charge in [0, 0.05) is 13.2 Å². The van der Waals surface area contributed by atoms with Gasteiger partial charge >= 0.3 is 0 Å². The number of rotatable bonds is 6. The van der Waals surface area contributed by atoms with Crippen LogP contribution in [0.15, 0.2) is 0 Å². The van der Waals surface area contributed by atoms with Gasteiger partial charge in [0.15, 0.2) is 0 Å². The highest BCUT2D eigenvalue weighted by Crippen LogP contribution is 2.47. The zero-order valence-corrected chi connectivity index (χ0v) is 9.61. The summed E-state index contributed by atoms with van der Waals surface area (Å²) in [6.07, 6.45) is 5.03. The van der Waals surface area contributed by atoms with E-state index < -0.39 is 0 Å². The first-order valence-electron chi connectivity index (χ1n) is 5.74. The Morgan fingerprint density at radius 2 is 2.29 bits per heavy atom. The summed E-state index contributed by atoms with van der Waals surface area (Å²) >= 11 is 2.09. The number of thioether (sulfide) groups is 1. The van der Waals surface area contributed by atoms with E-state index in [2.05, 4.69) is 17.1 Å². The molecule has 0 aromatic heterocycles. The monoisotopic (exact) mass is 215 g/mol. The van der Waals surface area contributed by atoms with Crippen molar-refractivity contribution in [3.8, 4) is 0 Å². The molecule has 2 nitrogen and oxygen atoms in total. The van der Waals surface area contributed by atoms with Crippen LogP contribution in [0.2, 0.25) is 0 Å². The van der Waals surface area contributed by atoms with Crippen molar-refractivity contribution in [2.45, 2.75) is 25.7 Å². The Morgan fingerprint density at radius 3 is 2.86 bits per heavy atom. The summed E-state index contributed by atoms with van der Waals surface area (Å²) in [7, 11) is 0. The summed E-state index contributed by atoms with van der Waals surface area (Å²) in [4.78, 5) is 0. The summed E-state index contributed by atoms with van der Waals surface area (Å²) in [5.41, 5.74) is 0.487. The predicted octanol–water partition coefficient (Wildman–Crippen LogP) is 1.49. The van der Waals surface area contributed by atoms with E-state index in [-0.39, 0.29) is 0 Å². The SMILES string of the molecule is OCCC1(CNCC2CCSC2)CC1. The number of aliphatic hydroxyl groups is 1. The molecule has 2 rings (SSSR count). The topological polar surface area (TPSA) is 32.3 Å². The Labute approximate surface area is 90.8 Å². The average molecular weight is 215 g/mol. The van der Waals surface area contributed by atoms with Gasteiger partial charge in [-0.2, -0.15) is 11.8 Å². The highest BCUT2D eigenvalue weighted by molar-refractivity contribution is 7.99. The first-order chi connectivity index (χ1) is 6.85. The summed E-state index contributed by atoms with van der Waals surface area (Å²) in [6, 6.07) is 0. The molecule has 0 aromatic carbocycles. The van der Waals surface area contributed by atoms with E-state index in [4.69, 9.17) is 5.11 Å². The van der Waals surface area contributed by atoms with E-state index in [1.54, 1.807) is 0 Å². The minimum Gasteiger partial charge on any atom is -0.396 e. The summed E-state index contributed by atoms with van der Waals surface area (Å²) in [5.74, 6) is 3.61. The molecule has 0 aromatic rings. The molecule has 0 radical (unpaired) electrons. The normalized spacial score (nSPS) is 29.4. The van der Waals surface area contributed by atoms with Crippen LogP contribution in [0, 0.1) is 11.3 Å². The molecule has 1 heterocycles. The van der Waals surface area contributed by atoms with E-state index in [1.807, 2.05) is 0 Å². The fourth-order valence-corrected chi connectivity index (χ4v) is 3.50. The van der Waals surface area contributed by atoms with Gasteiger partial charge in [0.25, 0.3) is 0 Å². The van der Waals surface area contributed by atoms with Gasteiger partial charge in [-0.3, -0.25) is 0 Å². The standard InChI is InChI=1S/C11H21NOS/c13-5-4-11(2-3-11)9-12-7-10-1-6-14-8-10/h10,12-13H,1-9H2. The van der Waals surface area contributed by atoms with Gasteiger partial charge in [0.1, 0.15) is 0 Å². The molecule has 1 saturated heterocycles. The molecule has 82 valence electrons. The van der Waals surface area contributed by atoms with E-state index in [0.717, 1.165) is 18.9 Å². The van der Waals surface area contributed by atoms with Crippen LogP contribution < -0.4 is 5.32 Å². The molecular weight excluding hydrogens is 194 g/mol. The average Bonchev–Trinajstić information content (AvgIpc) is 2.75. The van der Waals surface area contributed by atoms with Crippen molar-refractivity contribution in [2.75, 3.05) is 31.2 Å². The molecule has 1 unspecified atom stereocenters. The van der Waals surface area contributed by atoms with Crippen LogP contribution in [0.5, 0.6) is 0 Å².